The highest BCUT2D eigenvalue weighted by atomic mass is 35.5. The largest absolute Gasteiger partial charge is 0.337 e. The fourth-order valence-corrected chi connectivity index (χ4v) is 3.44. The Morgan fingerprint density at radius 1 is 1.45 bits per heavy atom. The second-order valence-corrected chi connectivity index (χ2v) is 6.08. The molecular formula is C15H18ClFN2O. The molecule has 2 saturated heterocycles. The Hall–Kier alpha value is -1.13. The summed E-state index contributed by atoms with van der Waals surface area (Å²) >= 11 is 6.08. The molecule has 20 heavy (non-hydrogen) atoms. The highest BCUT2D eigenvalue weighted by Crippen LogP contribution is 2.28. The number of benzene rings is 1. The van der Waals surface area contributed by atoms with Gasteiger partial charge in [-0.25, -0.2) is 4.39 Å². The SMILES string of the molecule is C[C@@H]1C(=O)N2CCC[C@H]2CN1Cc1ccc(F)cc1Cl. The average molecular weight is 297 g/mol. The topological polar surface area (TPSA) is 23.6 Å². The lowest BCUT2D eigenvalue weighted by molar-refractivity contribution is -0.143. The van der Waals surface area contributed by atoms with Crippen molar-refractivity contribution in [1.29, 1.82) is 0 Å². The Morgan fingerprint density at radius 3 is 3.00 bits per heavy atom. The van der Waals surface area contributed by atoms with Gasteiger partial charge in [0, 0.05) is 30.7 Å². The predicted octanol–water partition coefficient (Wildman–Crippen LogP) is 2.67. The summed E-state index contributed by atoms with van der Waals surface area (Å²) in [7, 11) is 0. The van der Waals surface area contributed by atoms with Crippen molar-refractivity contribution in [3.8, 4) is 0 Å². The zero-order valence-electron chi connectivity index (χ0n) is 11.5. The smallest absolute Gasteiger partial charge is 0.239 e. The molecule has 2 aliphatic rings. The van der Waals surface area contributed by atoms with Crippen molar-refractivity contribution in [2.24, 2.45) is 0 Å². The van der Waals surface area contributed by atoms with E-state index >= 15 is 0 Å². The Labute approximate surface area is 123 Å². The molecule has 3 rings (SSSR count). The van der Waals surface area contributed by atoms with Gasteiger partial charge in [0.2, 0.25) is 5.91 Å². The van der Waals surface area contributed by atoms with Crippen LogP contribution in [0.4, 0.5) is 4.39 Å². The van der Waals surface area contributed by atoms with Crippen molar-refractivity contribution in [3.63, 3.8) is 0 Å². The summed E-state index contributed by atoms with van der Waals surface area (Å²) in [5.74, 6) is -0.125. The molecule has 0 unspecified atom stereocenters. The number of nitrogens with zero attached hydrogens (tertiary/aromatic N) is 2. The lowest BCUT2D eigenvalue weighted by atomic mass is 10.1. The van der Waals surface area contributed by atoms with Crippen molar-refractivity contribution < 1.29 is 9.18 Å². The number of fused-ring (bicyclic) bond motifs is 1. The predicted molar refractivity (Wildman–Crippen MR) is 76.0 cm³/mol. The molecule has 0 N–H and O–H groups in total. The Morgan fingerprint density at radius 2 is 2.25 bits per heavy atom. The van der Waals surface area contributed by atoms with E-state index in [-0.39, 0.29) is 17.8 Å². The minimum atomic E-state index is -0.330. The molecule has 0 aromatic heterocycles. The molecule has 2 heterocycles. The lowest BCUT2D eigenvalue weighted by Crippen LogP contribution is -2.58. The van der Waals surface area contributed by atoms with Crippen LogP contribution in [0.25, 0.3) is 0 Å². The highest BCUT2D eigenvalue weighted by Gasteiger charge is 2.40. The summed E-state index contributed by atoms with van der Waals surface area (Å²) in [6, 6.07) is 4.65. The number of carbonyl (C=O) groups excluding carboxylic acids is 1. The van der Waals surface area contributed by atoms with E-state index in [9.17, 15) is 9.18 Å². The van der Waals surface area contributed by atoms with Crippen molar-refractivity contribution in [2.75, 3.05) is 13.1 Å². The monoisotopic (exact) mass is 296 g/mol. The minimum absolute atomic E-state index is 0.134. The summed E-state index contributed by atoms with van der Waals surface area (Å²) in [5.41, 5.74) is 0.874. The van der Waals surface area contributed by atoms with E-state index < -0.39 is 0 Å². The van der Waals surface area contributed by atoms with Crippen LogP contribution in [0.5, 0.6) is 0 Å². The second-order valence-electron chi connectivity index (χ2n) is 5.67. The van der Waals surface area contributed by atoms with Crippen molar-refractivity contribution >= 4 is 17.5 Å². The summed E-state index contributed by atoms with van der Waals surface area (Å²) in [5, 5.41) is 0.429. The van der Waals surface area contributed by atoms with Crippen LogP contribution in [0.1, 0.15) is 25.3 Å². The molecule has 108 valence electrons. The number of carbonyl (C=O) groups is 1. The number of halogens is 2. The Bertz CT molecular complexity index is 537. The molecule has 0 saturated carbocycles. The third-order valence-electron chi connectivity index (χ3n) is 4.40. The summed E-state index contributed by atoms with van der Waals surface area (Å²) in [6.07, 6.45) is 2.17. The van der Waals surface area contributed by atoms with Gasteiger partial charge in [0.05, 0.1) is 6.04 Å². The first kappa shape index (κ1) is 13.8. The van der Waals surface area contributed by atoms with Gasteiger partial charge in [-0.05, 0) is 37.5 Å². The molecule has 0 spiro atoms. The molecule has 0 aliphatic carbocycles. The number of hydrogen-bond donors (Lipinski definition) is 0. The van der Waals surface area contributed by atoms with E-state index in [2.05, 4.69) is 4.90 Å². The minimum Gasteiger partial charge on any atom is -0.337 e. The highest BCUT2D eigenvalue weighted by molar-refractivity contribution is 6.31. The zero-order chi connectivity index (χ0) is 14.3. The van der Waals surface area contributed by atoms with E-state index in [1.165, 1.54) is 12.1 Å². The van der Waals surface area contributed by atoms with E-state index in [1.54, 1.807) is 6.07 Å². The van der Waals surface area contributed by atoms with Gasteiger partial charge < -0.3 is 4.90 Å². The van der Waals surface area contributed by atoms with E-state index in [0.717, 1.165) is 31.5 Å². The van der Waals surface area contributed by atoms with Crippen LogP contribution in [-0.2, 0) is 11.3 Å². The molecule has 0 radical (unpaired) electrons. The zero-order valence-corrected chi connectivity index (χ0v) is 12.2. The van der Waals surface area contributed by atoms with Gasteiger partial charge in [-0.15, -0.1) is 0 Å². The lowest BCUT2D eigenvalue weighted by Gasteiger charge is -2.41. The van der Waals surface area contributed by atoms with Crippen molar-refractivity contribution in [1.82, 2.24) is 9.80 Å². The van der Waals surface area contributed by atoms with Crippen LogP contribution in [0.15, 0.2) is 18.2 Å². The van der Waals surface area contributed by atoms with Gasteiger partial charge in [-0.3, -0.25) is 9.69 Å². The summed E-state index contributed by atoms with van der Waals surface area (Å²) < 4.78 is 13.1. The molecular weight excluding hydrogens is 279 g/mol. The van der Waals surface area contributed by atoms with Crippen LogP contribution in [0, 0.1) is 5.82 Å². The first-order chi connectivity index (χ1) is 9.56. The molecule has 1 amide bonds. The summed E-state index contributed by atoms with van der Waals surface area (Å²) in [4.78, 5) is 16.5. The van der Waals surface area contributed by atoms with Gasteiger partial charge in [-0.1, -0.05) is 17.7 Å². The molecule has 2 fully saturated rings. The first-order valence-corrected chi connectivity index (χ1v) is 7.42. The summed E-state index contributed by atoms with van der Waals surface area (Å²) in [6.45, 7) is 4.30. The van der Waals surface area contributed by atoms with Gasteiger partial charge in [0.15, 0.2) is 0 Å². The number of amides is 1. The van der Waals surface area contributed by atoms with Crippen molar-refractivity contribution in [3.05, 3.63) is 34.6 Å². The average Bonchev–Trinajstić information content (AvgIpc) is 2.87. The van der Waals surface area contributed by atoms with Gasteiger partial charge in [0.25, 0.3) is 0 Å². The molecule has 2 aliphatic heterocycles. The number of hydrogen-bond acceptors (Lipinski definition) is 2. The van der Waals surface area contributed by atoms with Crippen LogP contribution >= 0.6 is 11.6 Å². The molecule has 1 aromatic carbocycles. The van der Waals surface area contributed by atoms with Crippen LogP contribution in [0.2, 0.25) is 5.02 Å². The maximum atomic E-state index is 13.1. The Balaban J connectivity index is 1.78. The van der Waals surface area contributed by atoms with E-state index in [0.29, 0.717) is 17.6 Å². The molecule has 5 heteroatoms. The maximum Gasteiger partial charge on any atom is 0.239 e. The second kappa shape index (κ2) is 5.34. The van der Waals surface area contributed by atoms with Crippen LogP contribution in [-0.4, -0.2) is 40.9 Å². The fourth-order valence-electron chi connectivity index (χ4n) is 3.21. The van der Waals surface area contributed by atoms with Gasteiger partial charge >= 0.3 is 0 Å². The normalized spacial score (nSPS) is 26.9. The maximum absolute atomic E-state index is 13.1. The first-order valence-electron chi connectivity index (χ1n) is 7.04. The van der Waals surface area contributed by atoms with E-state index in [1.807, 2.05) is 11.8 Å². The van der Waals surface area contributed by atoms with Gasteiger partial charge in [0.1, 0.15) is 5.82 Å². The van der Waals surface area contributed by atoms with Crippen LogP contribution in [0.3, 0.4) is 0 Å². The standard InChI is InChI=1S/C15H18ClFN2O/c1-10-15(20)19-6-2-3-13(19)9-18(10)8-11-4-5-12(17)7-14(11)16/h4-5,7,10,13H,2-3,6,8-9H2,1H3/t10-,13+/m1/s1. The third kappa shape index (κ3) is 2.42. The Kier molecular flexibility index (Phi) is 3.69. The molecule has 2 atom stereocenters. The third-order valence-corrected chi connectivity index (χ3v) is 4.75. The molecule has 1 aromatic rings. The number of piperazine rings is 1. The number of rotatable bonds is 2. The van der Waals surface area contributed by atoms with Crippen molar-refractivity contribution in [2.45, 2.75) is 38.4 Å². The van der Waals surface area contributed by atoms with E-state index in [4.69, 9.17) is 11.6 Å². The molecule has 3 nitrogen and oxygen atoms in total. The van der Waals surface area contributed by atoms with Crippen LogP contribution < -0.4 is 0 Å². The fraction of sp³-hybridized carbons (Fsp3) is 0.533. The van der Waals surface area contributed by atoms with Gasteiger partial charge in [-0.2, -0.15) is 0 Å². The molecule has 0 bridgehead atoms. The quantitative estimate of drug-likeness (QED) is 0.838.